The zero-order chi connectivity index (χ0) is 10.2. The highest BCUT2D eigenvalue weighted by Gasteiger charge is 2.27. The Kier molecular flexibility index (Phi) is 6.10. The SMILES string of the molecule is COC1CC(NCCCOCCO)C1. The minimum atomic E-state index is 0.117. The summed E-state index contributed by atoms with van der Waals surface area (Å²) in [6, 6.07) is 0.637. The van der Waals surface area contributed by atoms with Crippen molar-refractivity contribution in [2.75, 3.05) is 33.5 Å². The first-order valence-electron chi connectivity index (χ1n) is 5.31. The molecule has 0 amide bonds. The highest BCUT2D eigenvalue weighted by atomic mass is 16.5. The average Bonchev–Trinajstić information content (AvgIpc) is 2.14. The molecule has 0 aromatic rings. The molecule has 14 heavy (non-hydrogen) atoms. The topological polar surface area (TPSA) is 50.7 Å². The van der Waals surface area contributed by atoms with Crippen LogP contribution in [0, 0.1) is 0 Å². The lowest BCUT2D eigenvalue weighted by Gasteiger charge is -2.34. The maximum atomic E-state index is 8.46. The van der Waals surface area contributed by atoms with Gasteiger partial charge in [-0.05, 0) is 25.8 Å². The number of ether oxygens (including phenoxy) is 2. The molecule has 0 aromatic carbocycles. The molecule has 1 fully saturated rings. The van der Waals surface area contributed by atoms with Crippen molar-refractivity contribution in [3.05, 3.63) is 0 Å². The van der Waals surface area contributed by atoms with Gasteiger partial charge in [0.05, 0.1) is 19.3 Å². The minimum Gasteiger partial charge on any atom is -0.394 e. The lowest BCUT2D eigenvalue weighted by Crippen LogP contribution is -2.45. The standard InChI is InChI=1S/C10H21NO3/c1-13-10-7-9(8-10)11-3-2-5-14-6-4-12/h9-12H,2-8H2,1H3. The van der Waals surface area contributed by atoms with E-state index in [1.807, 2.05) is 0 Å². The monoisotopic (exact) mass is 203 g/mol. The summed E-state index contributed by atoms with van der Waals surface area (Å²) in [5.74, 6) is 0. The number of aliphatic hydroxyl groups is 1. The number of aliphatic hydroxyl groups excluding tert-OH is 1. The molecule has 2 N–H and O–H groups in total. The van der Waals surface area contributed by atoms with Crippen LogP contribution in [0.4, 0.5) is 0 Å². The van der Waals surface area contributed by atoms with Crippen LogP contribution in [-0.2, 0) is 9.47 Å². The van der Waals surface area contributed by atoms with Gasteiger partial charge in [0.2, 0.25) is 0 Å². The van der Waals surface area contributed by atoms with Gasteiger partial charge in [0.25, 0.3) is 0 Å². The van der Waals surface area contributed by atoms with E-state index in [4.69, 9.17) is 14.6 Å². The molecule has 0 aromatic heterocycles. The lowest BCUT2D eigenvalue weighted by molar-refractivity contribution is 0.0166. The van der Waals surface area contributed by atoms with Crippen molar-refractivity contribution >= 4 is 0 Å². The molecular weight excluding hydrogens is 182 g/mol. The first kappa shape index (κ1) is 11.9. The average molecular weight is 203 g/mol. The van der Waals surface area contributed by atoms with E-state index >= 15 is 0 Å². The summed E-state index contributed by atoms with van der Waals surface area (Å²) in [7, 11) is 1.77. The van der Waals surface area contributed by atoms with Gasteiger partial charge in [0.15, 0.2) is 0 Å². The fourth-order valence-electron chi connectivity index (χ4n) is 1.57. The van der Waals surface area contributed by atoms with Crippen LogP contribution in [-0.4, -0.2) is 50.7 Å². The third-order valence-electron chi connectivity index (χ3n) is 2.56. The van der Waals surface area contributed by atoms with Crippen molar-refractivity contribution in [2.24, 2.45) is 0 Å². The number of nitrogens with one attached hydrogen (secondary N) is 1. The molecule has 0 heterocycles. The van der Waals surface area contributed by atoms with E-state index in [2.05, 4.69) is 5.32 Å². The molecule has 4 heteroatoms. The van der Waals surface area contributed by atoms with E-state index < -0.39 is 0 Å². The van der Waals surface area contributed by atoms with Crippen LogP contribution < -0.4 is 5.32 Å². The summed E-state index contributed by atoms with van der Waals surface area (Å²) in [5.41, 5.74) is 0. The van der Waals surface area contributed by atoms with E-state index in [1.165, 1.54) is 0 Å². The molecule has 1 rings (SSSR count). The third kappa shape index (κ3) is 4.37. The Bertz CT molecular complexity index is 137. The van der Waals surface area contributed by atoms with Crippen molar-refractivity contribution in [2.45, 2.75) is 31.4 Å². The smallest absolute Gasteiger partial charge is 0.0697 e. The Morgan fingerprint density at radius 2 is 2.14 bits per heavy atom. The van der Waals surface area contributed by atoms with Gasteiger partial charge in [-0.1, -0.05) is 0 Å². The van der Waals surface area contributed by atoms with Gasteiger partial charge in [0.1, 0.15) is 0 Å². The summed E-state index contributed by atoms with van der Waals surface area (Å²) >= 11 is 0. The van der Waals surface area contributed by atoms with Gasteiger partial charge in [-0.15, -0.1) is 0 Å². The predicted octanol–water partition coefficient (Wildman–Crippen LogP) is 0.152. The number of hydrogen-bond acceptors (Lipinski definition) is 4. The largest absolute Gasteiger partial charge is 0.394 e. The molecule has 0 aliphatic heterocycles. The fraction of sp³-hybridized carbons (Fsp3) is 1.00. The zero-order valence-electron chi connectivity index (χ0n) is 8.87. The minimum absolute atomic E-state index is 0.117. The van der Waals surface area contributed by atoms with E-state index in [-0.39, 0.29) is 6.61 Å². The molecule has 84 valence electrons. The van der Waals surface area contributed by atoms with E-state index in [9.17, 15) is 0 Å². The van der Waals surface area contributed by atoms with Crippen molar-refractivity contribution in [3.63, 3.8) is 0 Å². The van der Waals surface area contributed by atoms with Gasteiger partial charge in [-0.25, -0.2) is 0 Å². The molecule has 0 saturated heterocycles. The third-order valence-corrected chi connectivity index (χ3v) is 2.56. The number of methoxy groups -OCH3 is 1. The molecule has 0 unspecified atom stereocenters. The highest BCUT2D eigenvalue weighted by molar-refractivity contribution is 4.85. The molecule has 0 radical (unpaired) electrons. The van der Waals surface area contributed by atoms with Crippen molar-refractivity contribution < 1.29 is 14.6 Å². The summed E-state index contributed by atoms with van der Waals surface area (Å²) in [4.78, 5) is 0. The van der Waals surface area contributed by atoms with Crippen LogP contribution in [0.15, 0.2) is 0 Å². The second kappa shape index (κ2) is 7.17. The first-order valence-corrected chi connectivity index (χ1v) is 5.31. The van der Waals surface area contributed by atoms with Crippen molar-refractivity contribution in [3.8, 4) is 0 Å². The summed E-state index contributed by atoms with van der Waals surface area (Å²) < 4.78 is 10.3. The Morgan fingerprint density at radius 3 is 2.79 bits per heavy atom. The van der Waals surface area contributed by atoms with Crippen LogP contribution in [0.5, 0.6) is 0 Å². The van der Waals surface area contributed by atoms with Crippen LogP contribution in [0.3, 0.4) is 0 Å². The molecule has 1 saturated carbocycles. The molecule has 0 atom stereocenters. The lowest BCUT2D eigenvalue weighted by atomic mass is 9.89. The van der Waals surface area contributed by atoms with Crippen LogP contribution >= 0.6 is 0 Å². The number of hydrogen-bond donors (Lipinski definition) is 2. The zero-order valence-corrected chi connectivity index (χ0v) is 8.87. The fourth-order valence-corrected chi connectivity index (χ4v) is 1.57. The quantitative estimate of drug-likeness (QED) is 0.551. The summed E-state index contributed by atoms with van der Waals surface area (Å²) in [6.45, 7) is 2.29. The Labute approximate surface area is 85.6 Å². The first-order chi connectivity index (χ1) is 6.86. The summed E-state index contributed by atoms with van der Waals surface area (Å²) in [5, 5.41) is 11.9. The van der Waals surface area contributed by atoms with Crippen molar-refractivity contribution in [1.29, 1.82) is 0 Å². The normalized spacial score (nSPS) is 26.1. The Hall–Kier alpha value is -0.160. The van der Waals surface area contributed by atoms with Gasteiger partial charge in [-0.3, -0.25) is 0 Å². The Balaban J connectivity index is 1.77. The Morgan fingerprint density at radius 1 is 1.36 bits per heavy atom. The van der Waals surface area contributed by atoms with Gasteiger partial charge < -0.3 is 19.9 Å². The van der Waals surface area contributed by atoms with E-state index in [0.29, 0.717) is 18.8 Å². The van der Waals surface area contributed by atoms with Gasteiger partial charge in [-0.2, -0.15) is 0 Å². The van der Waals surface area contributed by atoms with Crippen LogP contribution in [0.25, 0.3) is 0 Å². The second-order valence-corrected chi connectivity index (χ2v) is 3.67. The molecule has 1 aliphatic carbocycles. The maximum absolute atomic E-state index is 8.46. The van der Waals surface area contributed by atoms with Crippen LogP contribution in [0.2, 0.25) is 0 Å². The predicted molar refractivity (Wildman–Crippen MR) is 54.3 cm³/mol. The molecule has 1 aliphatic rings. The molecule has 4 nitrogen and oxygen atoms in total. The van der Waals surface area contributed by atoms with Crippen LogP contribution in [0.1, 0.15) is 19.3 Å². The number of rotatable bonds is 8. The maximum Gasteiger partial charge on any atom is 0.0697 e. The molecule has 0 bridgehead atoms. The van der Waals surface area contributed by atoms with Crippen molar-refractivity contribution in [1.82, 2.24) is 5.32 Å². The van der Waals surface area contributed by atoms with Gasteiger partial charge >= 0.3 is 0 Å². The second-order valence-electron chi connectivity index (χ2n) is 3.67. The molecular formula is C10H21NO3. The highest BCUT2D eigenvalue weighted by Crippen LogP contribution is 2.22. The summed E-state index contributed by atoms with van der Waals surface area (Å²) in [6.07, 6.45) is 3.74. The van der Waals surface area contributed by atoms with E-state index in [0.717, 1.165) is 32.4 Å². The van der Waals surface area contributed by atoms with Gasteiger partial charge in [0, 0.05) is 19.8 Å². The molecule has 0 spiro atoms. The van der Waals surface area contributed by atoms with E-state index in [1.54, 1.807) is 7.11 Å².